The first-order chi connectivity index (χ1) is 10.1. The number of esters is 1. The average Bonchev–Trinajstić information content (AvgIpc) is 3.13. The van der Waals surface area contributed by atoms with E-state index in [1.165, 1.54) is 44.1 Å². The molecule has 0 aliphatic heterocycles. The van der Waals surface area contributed by atoms with Crippen molar-refractivity contribution in [3.8, 4) is 0 Å². The summed E-state index contributed by atoms with van der Waals surface area (Å²) in [5, 5.41) is 3.32. The highest BCUT2D eigenvalue weighted by molar-refractivity contribution is 7.17. The largest absolute Gasteiger partial charge is 0.465 e. The van der Waals surface area contributed by atoms with E-state index in [-0.39, 0.29) is 5.91 Å². The lowest BCUT2D eigenvalue weighted by Gasteiger charge is -2.20. The van der Waals surface area contributed by atoms with E-state index in [9.17, 15) is 9.59 Å². The number of methoxy groups -OCH3 is 1. The van der Waals surface area contributed by atoms with Gasteiger partial charge in [-0.1, -0.05) is 17.8 Å². The number of nitrogens with zero attached hydrogens (tertiary/aromatic N) is 1. The number of aromatic nitrogens is 1. The molecule has 0 saturated heterocycles. The summed E-state index contributed by atoms with van der Waals surface area (Å²) >= 11 is 1.18. The number of rotatable bonds is 4. The zero-order valence-corrected chi connectivity index (χ0v) is 13.2. The maximum atomic E-state index is 12.1. The van der Waals surface area contributed by atoms with Crippen molar-refractivity contribution < 1.29 is 14.3 Å². The average molecular weight is 308 g/mol. The highest BCUT2D eigenvalue weighted by Gasteiger charge is 2.40. The Hall–Kier alpha value is -1.43. The van der Waals surface area contributed by atoms with Crippen molar-refractivity contribution in [1.82, 2.24) is 4.98 Å². The molecule has 21 heavy (non-hydrogen) atoms. The molecule has 2 aliphatic rings. The summed E-state index contributed by atoms with van der Waals surface area (Å²) in [6.07, 6.45) is 5.71. The number of nitrogens with one attached hydrogen (secondary N) is 1. The van der Waals surface area contributed by atoms with Gasteiger partial charge in [-0.15, -0.1) is 0 Å². The van der Waals surface area contributed by atoms with Crippen LogP contribution in [-0.2, 0) is 9.53 Å². The second-order valence-corrected chi connectivity index (χ2v) is 7.11. The SMILES string of the molecule is COC(=O)c1sc(NC(=O)CC2CC3CCC2C3)nc1C. The van der Waals surface area contributed by atoms with E-state index in [2.05, 4.69) is 10.3 Å². The van der Waals surface area contributed by atoms with Crippen molar-refractivity contribution in [1.29, 1.82) is 0 Å². The molecule has 1 aromatic heterocycles. The summed E-state index contributed by atoms with van der Waals surface area (Å²) in [6.45, 7) is 1.74. The van der Waals surface area contributed by atoms with Gasteiger partial charge in [0.25, 0.3) is 0 Å². The van der Waals surface area contributed by atoms with Gasteiger partial charge in [0.1, 0.15) is 4.88 Å². The molecule has 0 aromatic carbocycles. The minimum absolute atomic E-state index is 0.0118. The summed E-state index contributed by atoms with van der Waals surface area (Å²) in [5.74, 6) is 1.73. The Morgan fingerprint density at radius 1 is 1.38 bits per heavy atom. The third-order valence-electron chi connectivity index (χ3n) is 4.75. The van der Waals surface area contributed by atoms with Gasteiger partial charge in [0, 0.05) is 6.42 Å². The lowest BCUT2D eigenvalue weighted by molar-refractivity contribution is -0.117. The van der Waals surface area contributed by atoms with Crippen molar-refractivity contribution in [2.24, 2.45) is 17.8 Å². The first-order valence-corrected chi connectivity index (χ1v) is 8.24. The summed E-state index contributed by atoms with van der Waals surface area (Å²) in [6, 6.07) is 0. The van der Waals surface area contributed by atoms with Gasteiger partial charge in [0.15, 0.2) is 5.13 Å². The van der Waals surface area contributed by atoms with E-state index in [1.807, 2.05) is 0 Å². The van der Waals surface area contributed by atoms with E-state index in [0.717, 1.165) is 11.8 Å². The second-order valence-electron chi connectivity index (χ2n) is 6.11. The molecule has 2 fully saturated rings. The Kier molecular flexibility index (Phi) is 3.97. The molecule has 2 aliphatic carbocycles. The number of amides is 1. The van der Waals surface area contributed by atoms with E-state index in [1.54, 1.807) is 6.92 Å². The van der Waals surface area contributed by atoms with Gasteiger partial charge in [0.05, 0.1) is 12.8 Å². The quantitative estimate of drug-likeness (QED) is 0.868. The summed E-state index contributed by atoms with van der Waals surface area (Å²) in [5.41, 5.74) is 0.599. The molecule has 2 bridgehead atoms. The zero-order chi connectivity index (χ0) is 15.0. The van der Waals surface area contributed by atoms with E-state index < -0.39 is 5.97 Å². The molecular weight excluding hydrogens is 288 g/mol. The van der Waals surface area contributed by atoms with E-state index in [4.69, 9.17) is 4.74 Å². The van der Waals surface area contributed by atoms with Crippen LogP contribution in [0.15, 0.2) is 0 Å². The monoisotopic (exact) mass is 308 g/mol. The smallest absolute Gasteiger partial charge is 0.350 e. The van der Waals surface area contributed by atoms with Gasteiger partial charge < -0.3 is 10.1 Å². The molecule has 3 rings (SSSR count). The van der Waals surface area contributed by atoms with Crippen LogP contribution in [0.4, 0.5) is 5.13 Å². The molecule has 0 spiro atoms. The molecule has 1 aromatic rings. The summed E-state index contributed by atoms with van der Waals surface area (Å²) in [7, 11) is 1.34. The molecule has 114 valence electrons. The number of fused-ring (bicyclic) bond motifs is 2. The lowest BCUT2D eigenvalue weighted by Crippen LogP contribution is -2.20. The number of anilines is 1. The Balaban J connectivity index is 1.59. The fraction of sp³-hybridized carbons (Fsp3) is 0.667. The standard InChI is InChI=1S/C15H20N2O3S/c1-8-13(14(19)20-2)21-15(16-8)17-12(18)7-11-6-9-3-4-10(11)5-9/h9-11H,3-7H2,1-2H3,(H,16,17,18). The number of thiazole rings is 1. The predicted octanol–water partition coefficient (Wildman–Crippen LogP) is 3.00. The van der Waals surface area contributed by atoms with Crippen LogP contribution in [0.3, 0.4) is 0 Å². The Bertz CT molecular complexity index is 569. The third kappa shape index (κ3) is 2.95. The number of carbonyl (C=O) groups excluding carboxylic acids is 2. The van der Waals surface area contributed by atoms with Crippen LogP contribution in [-0.4, -0.2) is 24.0 Å². The zero-order valence-electron chi connectivity index (χ0n) is 12.3. The topological polar surface area (TPSA) is 68.3 Å². The molecule has 1 amide bonds. The molecule has 3 atom stereocenters. The van der Waals surface area contributed by atoms with Crippen molar-refractivity contribution in [2.75, 3.05) is 12.4 Å². The lowest BCUT2D eigenvalue weighted by atomic mass is 9.86. The van der Waals surface area contributed by atoms with Gasteiger partial charge in [-0.25, -0.2) is 9.78 Å². The van der Waals surface area contributed by atoms with E-state index >= 15 is 0 Å². The van der Waals surface area contributed by atoms with Crippen LogP contribution in [0.2, 0.25) is 0 Å². The van der Waals surface area contributed by atoms with Gasteiger partial charge in [-0.3, -0.25) is 4.79 Å². The highest BCUT2D eigenvalue weighted by Crippen LogP contribution is 2.49. The molecule has 1 N–H and O–H groups in total. The number of hydrogen-bond acceptors (Lipinski definition) is 5. The first kappa shape index (κ1) is 14.5. The van der Waals surface area contributed by atoms with Crippen LogP contribution in [0.5, 0.6) is 0 Å². The third-order valence-corrected chi connectivity index (χ3v) is 5.80. The molecule has 6 heteroatoms. The maximum Gasteiger partial charge on any atom is 0.350 e. The second kappa shape index (κ2) is 5.75. The molecule has 2 saturated carbocycles. The molecule has 0 radical (unpaired) electrons. The van der Waals surface area contributed by atoms with Gasteiger partial charge in [-0.05, 0) is 43.9 Å². The Morgan fingerprint density at radius 2 is 2.19 bits per heavy atom. The minimum atomic E-state index is -0.404. The number of hydrogen-bond donors (Lipinski definition) is 1. The molecule has 5 nitrogen and oxygen atoms in total. The maximum absolute atomic E-state index is 12.1. The fourth-order valence-corrected chi connectivity index (χ4v) is 4.67. The van der Waals surface area contributed by atoms with Crippen LogP contribution in [0.25, 0.3) is 0 Å². The van der Waals surface area contributed by atoms with Gasteiger partial charge in [-0.2, -0.15) is 0 Å². The summed E-state index contributed by atoms with van der Waals surface area (Å²) in [4.78, 5) is 28.4. The predicted molar refractivity (Wildman–Crippen MR) is 80.4 cm³/mol. The molecular formula is C15H20N2O3S. The number of ether oxygens (including phenoxy) is 1. The van der Waals surface area contributed by atoms with Crippen molar-refractivity contribution in [2.45, 2.75) is 39.0 Å². The fourth-order valence-electron chi connectivity index (χ4n) is 3.77. The van der Waals surface area contributed by atoms with Crippen LogP contribution in [0.1, 0.15) is 47.5 Å². The van der Waals surface area contributed by atoms with Crippen molar-refractivity contribution >= 4 is 28.3 Å². The van der Waals surface area contributed by atoms with E-state index in [0.29, 0.717) is 28.0 Å². The van der Waals surface area contributed by atoms with Crippen LogP contribution >= 0.6 is 11.3 Å². The Morgan fingerprint density at radius 3 is 2.81 bits per heavy atom. The Labute approximate surface area is 128 Å². The van der Waals surface area contributed by atoms with Gasteiger partial charge in [0.2, 0.25) is 5.91 Å². The van der Waals surface area contributed by atoms with Crippen LogP contribution in [0, 0.1) is 24.7 Å². The van der Waals surface area contributed by atoms with Gasteiger partial charge >= 0.3 is 5.97 Å². The molecule has 3 unspecified atom stereocenters. The molecule has 1 heterocycles. The first-order valence-electron chi connectivity index (χ1n) is 7.42. The minimum Gasteiger partial charge on any atom is -0.465 e. The summed E-state index contributed by atoms with van der Waals surface area (Å²) < 4.78 is 4.70. The van der Waals surface area contributed by atoms with Crippen molar-refractivity contribution in [3.05, 3.63) is 10.6 Å². The number of aryl methyl sites for hydroxylation is 1. The number of carbonyl (C=O) groups is 2. The van der Waals surface area contributed by atoms with Crippen molar-refractivity contribution in [3.63, 3.8) is 0 Å². The normalized spacial score (nSPS) is 26.9. The van der Waals surface area contributed by atoms with Crippen LogP contribution < -0.4 is 5.32 Å². The highest BCUT2D eigenvalue weighted by atomic mass is 32.1.